The maximum absolute atomic E-state index is 13.6. The van der Waals surface area contributed by atoms with E-state index in [0.29, 0.717) is 35.7 Å². The molecule has 0 amide bonds. The number of aliphatic hydroxyl groups excluding tert-OH is 1. The second-order valence-electron chi connectivity index (χ2n) is 9.38. The number of aliphatic hydroxyl groups is 1. The number of fused-ring (bicyclic) bond motifs is 1. The maximum Gasteiger partial charge on any atom is 0.333 e. The van der Waals surface area contributed by atoms with Gasteiger partial charge in [0, 0.05) is 47.9 Å². The van der Waals surface area contributed by atoms with Crippen LogP contribution in [0.25, 0.3) is 0 Å². The van der Waals surface area contributed by atoms with E-state index in [0.717, 1.165) is 28.5 Å². The van der Waals surface area contributed by atoms with Gasteiger partial charge in [0.25, 0.3) is 0 Å². The third kappa shape index (κ3) is 5.58. The van der Waals surface area contributed by atoms with E-state index in [1.807, 2.05) is 30.8 Å². The Labute approximate surface area is 218 Å². The second kappa shape index (κ2) is 10.2. The summed E-state index contributed by atoms with van der Waals surface area (Å²) in [5.74, 6) is 0.538. The number of rotatable bonds is 8. The number of aryl methyl sites for hydroxylation is 2. The molecule has 0 saturated heterocycles. The smallest absolute Gasteiger partial charge is 0.333 e. The summed E-state index contributed by atoms with van der Waals surface area (Å²) < 4.78 is 41.1. The lowest BCUT2D eigenvalue weighted by molar-refractivity contribution is 0.0429. The molecule has 4 atom stereocenters. The van der Waals surface area contributed by atoms with Crippen LogP contribution >= 0.6 is 11.3 Å². The monoisotopic (exact) mass is 548 g/mol. The Bertz CT molecular complexity index is 1420. The largest absolute Gasteiger partial charge is 0.393 e. The van der Waals surface area contributed by atoms with Crippen molar-refractivity contribution in [1.29, 1.82) is 0 Å². The van der Waals surface area contributed by atoms with Crippen LogP contribution in [-0.4, -0.2) is 68.7 Å². The lowest BCUT2D eigenvalue weighted by Crippen LogP contribution is -2.32. The molecule has 3 aromatic heterocycles. The molecule has 3 aromatic rings. The zero-order valence-corrected chi connectivity index (χ0v) is 21.9. The van der Waals surface area contributed by atoms with Crippen LogP contribution in [0.5, 0.6) is 0 Å². The van der Waals surface area contributed by atoms with Crippen molar-refractivity contribution in [2.75, 3.05) is 18.5 Å². The molecule has 37 heavy (non-hydrogen) atoms. The average molecular weight is 549 g/mol. The van der Waals surface area contributed by atoms with Gasteiger partial charge in [0.15, 0.2) is 0 Å². The Balaban J connectivity index is 1.34. The van der Waals surface area contributed by atoms with Gasteiger partial charge in [-0.25, -0.2) is 15.0 Å². The fraction of sp³-hybridized carbons (Fsp3) is 0.478. The number of nitrogens with zero attached hydrogens (tertiary/aromatic N) is 4. The Morgan fingerprint density at radius 2 is 2.14 bits per heavy atom. The Hall–Kier alpha value is -2.75. The number of aromatic nitrogens is 4. The highest BCUT2D eigenvalue weighted by Gasteiger charge is 2.35. The summed E-state index contributed by atoms with van der Waals surface area (Å²) in [6, 6.07) is 1.60. The molecule has 1 aliphatic carbocycles. The first-order valence-electron chi connectivity index (χ1n) is 11.9. The van der Waals surface area contributed by atoms with Gasteiger partial charge >= 0.3 is 10.3 Å². The number of hydrogen-bond acceptors (Lipinski definition) is 10. The quantitative estimate of drug-likeness (QED) is 0.240. The van der Waals surface area contributed by atoms with Crippen LogP contribution in [0.4, 0.5) is 5.82 Å². The zero-order chi connectivity index (χ0) is 26.3. The van der Waals surface area contributed by atoms with E-state index in [9.17, 15) is 18.3 Å². The van der Waals surface area contributed by atoms with E-state index >= 15 is 0 Å². The van der Waals surface area contributed by atoms with Crippen molar-refractivity contribution >= 4 is 33.2 Å². The van der Waals surface area contributed by atoms with Gasteiger partial charge in [0.1, 0.15) is 24.1 Å². The summed E-state index contributed by atoms with van der Waals surface area (Å²) in [6.45, 7) is 5.10. The number of ether oxygens (including phenoxy) is 1. The normalized spacial score (nSPS) is 23.7. The molecule has 4 N–H and O–H groups in total. The predicted molar refractivity (Wildman–Crippen MR) is 135 cm³/mol. The highest BCUT2D eigenvalue weighted by atomic mass is 32.2. The van der Waals surface area contributed by atoms with Crippen molar-refractivity contribution < 1.29 is 27.6 Å². The molecule has 1 saturated carbocycles. The second-order valence-corrected chi connectivity index (χ2v) is 11.9. The molecule has 0 bridgehead atoms. The van der Waals surface area contributed by atoms with Crippen LogP contribution in [0, 0.1) is 19.8 Å². The van der Waals surface area contributed by atoms with Crippen LogP contribution in [0.3, 0.4) is 0 Å². The summed E-state index contributed by atoms with van der Waals surface area (Å²) in [5, 5.41) is 13.6. The zero-order valence-electron chi connectivity index (χ0n) is 20.3. The van der Waals surface area contributed by atoms with Crippen molar-refractivity contribution in [3.05, 3.63) is 57.2 Å². The highest BCUT2D eigenvalue weighted by molar-refractivity contribution is 7.83. The molecular weight excluding hydrogens is 520 g/mol. The van der Waals surface area contributed by atoms with Crippen molar-refractivity contribution in [2.24, 2.45) is 5.92 Å². The third-order valence-corrected chi connectivity index (χ3v) is 8.32. The van der Waals surface area contributed by atoms with E-state index in [2.05, 4.69) is 24.8 Å². The topological polar surface area (TPSA) is 169 Å². The summed E-state index contributed by atoms with van der Waals surface area (Å²) in [7, 11) is -4.34. The van der Waals surface area contributed by atoms with Gasteiger partial charge in [-0.15, -0.1) is 11.3 Å². The molecule has 1 fully saturated rings. The molecule has 12 nitrogen and oxygen atoms in total. The average Bonchev–Trinajstić information content (AvgIpc) is 3.52. The van der Waals surface area contributed by atoms with Crippen LogP contribution in [0.2, 0.25) is 0 Å². The Morgan fingerprint density at radius 3 is 2.92 bits per heavy atom. The van der Waals surface area contributed by atoms with Crippen molar-refractivity contribution in [3.63, 3.8) is 0 Å². The van der Waals surface area contributed by atoms with E-state index in [-0.39, 0.29) is 24.5 Å². The van der Waals surface area contributed by atoms with E-state index in [4.69, 9.17) is 9.29 Å². The van der Waals surface area contributed by atoms with Crippen LogP contribution in [0.1, 0.15) is 56.1 Å². The molecule has 0 unspecified atom stereocenters. The molecule has 198 valence electrons. The first-order valence-corrected chi connectivity index (χ1v) is 14.1. The van der Waals surface area contributed by atoms with Crippen LogP contribution in [-0.2, 0) is 21.6 Å². The lowest BCUT2D eigenvalue weighted by Gasteiger charge is -2.24. The van der Waals surface area contributed by atoms with Gasteiger partial charge in [-0.3, -0.25) is 9.35 Å². The van der Waals surface area contributed by atoms with E-state index in [1.165, 1.54) is 23.9 Å². The van der Waals surface area contributed by atoms with Crippen molar-refractivity contribution in [2.45, 2.75) is 51.5 Å². The Kier molecular flexibility index (Phi) is 7.13. The molecule has 14 heteroatoms. The molecule has 0 aromatic carbocycles. The SMILES string of the molecule is Cc1cn2c(n1)[C@@H](c1cc(C(=O)c3cncnc3N[C@@H]3C[C@H](CNS(=O)(=O)O)[C@@H](O)C3)sc1C)OCC2. The van der Waals surface area contributed by atoms with Gasteiger partial charge in [-0.1, -0.05) is 0 Å². The van der Waals surface area contributed by atoms with Gasteiger partial charge in [-0.05, 0) is 32.8 Å². The third-order valence-electron chi connectivity index (χ3n) is 6.72. The highest BCUT2D eigenvalue weighted by Crippen LogP contribution is 2.36. The number of imidazole rings is 1. The molecular formula is C23H28N6O6S2. The number of thiophene rings is 1. The van der Waals surface area contributed by atoms with Crippen LogP contribution in [0.15, 0.2) is 24.8 Å². The van der Waals surface area contributed by atoms with E-state index in [1.54, 1.807) is 0 Å². The minimum atomic E-state index is -4.34. The van der Waals surface area contributed by atoms with Gasteiger partial charge in [0.05, 0.1) is 28.8 Å². The number of carbonyl (C=O) groups excluding carboxylic acids is 1. The minimum absolute atomic E-state index is 0.0913. The number of anilines is 1. The summed E-state index contributed by atoms with van der Waals surface area (Å²) >= 11 is 1.37. The van der Waals surface area contributed by atoms with Gasteiger partial charge < -0.3 is 19.7 Å². The lowest BCUT2D eigenvalue weighted by atomic mass is 10.1. The fourth-order valence-electron chi connectivity index (χ4n) is 4.98. The maximum atomic E-state index is 13.6. The van der Waals surface area contributed by atoms with Crippen molar-refractivity contribution in [1.82, 2.24) is 24.2 Å². The fourth-order valence-corrected chi connectivity index (χ4v) is 6.41. The number of ketones is 1. The van der Waals surface area contributed by atoms with Crippen molar-refractivity contribution in [3.8, 4) is 0 Å². The number of nitrogens with one attached hydrogen (secondary N) is 2. The minimum Gasteiger partial charge on any atom is -0.393 e. The standard InChI is InChI=1S/C23H28N6O6S2/c1-12-10-29-3-4-35-21(23(29)27-12)16-7-19(36-13(16)2)20(31)17-9-24-11-25-22(17)28-15-5-14(18(30)6-15)8-26-37(32,33)34/h7,9-11,14-15,18,21,26,30H,3-6,8H2,1-2H3,(H,24,25,28)(H,32,33,34)/t14-,15-,18+,21-/m1/s1. The Morgan fingerprint density at radius 1 is 1.32 bits per heavy atom. The number of carbonyl (C=O) groups is 1. The molecule has 5 rings (SSSR count). The molecule has 1 aliphatic heterocycles. The number of hydrogen-bond donors (Lipinski definition) is 4. The predicted octanol–water partition coefficient (Wildman–Crippen LogP) is 1.65. The molecule has 4 heterocycles. The van der Waals surface area contributed by atoms with Crippen LogP contribution < -0.4 is 10.0 Å². The molecule has 2 aliphatic rings. The van der Waals surface area contributed by atoms with E-state index < -0.39 is 22.3 Å². The molecule has 0 spiro atoms. The summed E-state index contributed by atoms with van der Waals surface area (Å²) in [6.07, 6.45) is 4.44. The first-order chi connectivity index (χ1) is 17.6. The summed E-state index contributed by atoms with van der Waals surface area (Å²) in [5.41, 5.74) is 2.12. The summed E-state index contributed by atoms with van der Waals surface area (Å²) in [4.78, 5) is 28.0. The van der Waals surface area contributed by atoms with Gasteiger partial charge in [0.2, 0.25) is 5.78 Å². The van der Waals surface area contributed by atoms with Gasteiger partial charge in [-0.2, -0.15) is 13.1 Å². The molecule has 0 radical (unpaired) electrons. The first kappa shape index (κ1) is 25.9.